The van der Waals surface area contributed by atoms with Crippen molar-refractivity contribution in [3.05, 3.63) is 68.0 Å². The van der Waals surface area contributed by atoms with E-state index < -0.39 is 11.9 Å². The highest BCUT2D eigenvalue weighted by Crippen LogP contribution is 2.44. The van der Waals surface area contributed by atoms with Crippen molar-refractivity contribution in [3.63, 3.8) is 0 Å². The van der Waals surface area contributed by atoms with Gasteiger partial charge in [-0.1, -0.05) is 63.0 Å². The largest absolute Gasteiger partial charge is 0.496 e. The highest BCUT2D eigenvalue weighted by molar-refractivity contribution is 7.14. The minimum atomic E-state index is -1.09. The number of thiazole rings is 1. The third-order valence-electron chi connectivity index (χ3n) is 5.85. The second-order valence-corrected chi connectivity index (χ2v) is 11.7. The lowest BCUT2D eigenvalue weighted by Gasteiger charge is -2.32. The Kier molecular flexibility index (Phi) is 10.2. The molecule has 0 bridgehead atoms. The highest BCUT2D eigenvalue weighted by Gasteiger charge is 2.31. The van der Waals surface area contributed by atoms with Gasteiger partial charge in [-0.25, -0.2) is 9.78 Å². The number of ether oxygens (including phenoxy) is 2. The van der Waals surface area contributed by atoms with E-state index in [9.17, 15) is 9.59 Å². The molecule has 39 heavy (non-hydrogen) atoms. The number of aliphatic carboxylic acids is 1. The van der Waals surface area contributed by atoms with Gasteiger partial charge in [-0.05, 0) is 43.0 Å². The van der Waals surface area contributed by atoms with Crippen LogP contribution in [0.15, 0.2) is 41.3 Å². The van der Waals surface area contributed by atoms with Crippen molar-refractivity contribution in [2.75, 3.05) is 19.0 Å². The van der Waals surface area contributed by atoms with Gasteiger partial charge in [-0.3, -0.25) is 10.1 Å². The second kappa shape index (κ2) is 13.0. The number of carboxylic acids is 1. The van der Waals surface area contributed by atoms with Crippen molar-refractivity contribution in [2.24, 2.45) is 5.41 Å². The maximum absolute atomic E-state index is 13.0. The van der Waals surface area contributed by atoms with Crippen LogP contribution in [-0.4, -0.2) is 35.7 Å². The molecule has 1 aromatic heterocycles. The van der Waals surface area contributed by atoms with Crippen LogP contribution in [0.2, 0.25) is 10.0 Å². The smallest absolute Gasteiger partial charge is 0.331 e. The van der Waals surface area contributed by atoms with Crippen LogP contribution < -0.4 is 10.1 Å². The standard InChI is InChI=1S/C29H32Cl2N2O5S/c1-7-11-38-25(29(3,4)5)19-10-8-9-18(24(19)37-6)23-15-39-28(32-23)33-26(34)17-13-21(30)20(22(31)14-17)12-16(2)27(35)36/h8-10,12-15,25H,7,11H2,1-6H3,(H,35,36)(H,32,33,34). The number of rotatable bonds is 10. The first kappa shape index (κ1) is 30.6. The number of hydrogen-bond acceptors (Lipinski definition) is 6. The third kappa shape index (κ3) is 7.39. The molecule has 10 heteroatoms. The number of hydrogen-bond donors (Lipinski definition) is 2. The molecule has 1 unspecified atom stereocenters. The van der Waals surface area contributed by atoms with Gasteiger partial charge in [0, 0.05) is 39.8 Å². The lowest BCUT2D eigenvalue weighted by atomic mass is 9.83. The predicted molar refractivity (Wildman–Crippen MR) is 158 cm³/mol. The third-order valence-corrected chi connectivity index (χ3v) is 7.23. The minimum Gasteiger partial charge on any atom is -0.496 e. The number of carbonyl (C=O) groups excluding carboxylic acids is 1. The monoisotopic (exact) mass is 590 g/mol. The van der Waals surface area contributed by atoms with Crippen molar-refractivity contribution < 1.29 is 24.2 Å². The molecule has 1 amide bonds. The molecule has 0 radical (unpaired) electrons. The summed E-state index contributed by atoms with van der Waals surface area (Å²) in [4.78, 5) is 28.7. The van der Waals surface area contributed by atoms with Crippen LogP contribution in [0, 0.1) is 5.41 Å². The van der Waals surface area contributed by atoms with Crippen LogP contribution in [0.5, 0.6) is 5.75 Å². The summed E-state index contributed by atoms with van der Waals surface area (Å²) in [5.41, 5.74) is 2.82. The number of halogens is 2. The van der Waals surface area contributed by atoms with Crippen molar-refractivity contribution in [1.29, 1.82) is 0 Å². The molecule has 0 spiro atoms. The maximum atomic E-state index is 13.0. The fourth-order valence-corrected chi connectivity index (χ4v) is 5.29. The second-order valence-electron chi connectivity index (χ2n) is 10.0. The maximum Gasteiger partial charge on any atom is 0.331 e. The number of para-hydroxylation sites is 1. The Morgan fingerprint density at radius 2 is 1.87 bits per heavy atom. The highest BCUT2D eigenvalue weighted by atomic mass is 35.5. The Labute approximate surface area is 242 Å². The molecular weight excluding hydrogens is 559 g/mol. The van der Waals surface area contributed by atoms with Crippen LogP contribution in [-0.2, 0) is 9.53 Å². The van der Waals surface area contributed by atoms with Crippen LogP contribution >= 0.6 is 34.5 Å². The zero-order valence-corrected chi connectivity index (χ0v) is 25.1. The zero-order valence-electron chi connectivity index (χ0n) is 22.7. The molecule has 0 fully saturated rings. The van der Waals surface area contributed by atoms with Gasteiger partial charge < -0.3 is 14.6 Å². The molecule has 0 aliphatic carbocycles. The van der Waals surface area contributed by atoms with Gasteiger partial charge in [0.1, 0.15) is 5.75 Å². The molecule has 7 nitrogen and oxygen atoms in total. The van der Waals surface area contributed by atoms with Crippen molar-refractivity contribution in [1.82, 2.24) is 4.98 Å². The topological polar surface area (TPSA) is 97.8 Å². The molecule has 0 saturated heterocycles. The van der Waals surface area contributed by atoms with E-state index in [1.807, 2.05) is 23.6 Å². The summed E-state index contributed by atoms with van der Waals surface area (Å²) in [7, 11) is 1.63. The predicted octanol–water partition coefficient (Wildman–Crippen LogP) is 8.38. The van der Waals surface area contributed by atoms with Crippen LogP contribution in [0.25, 0.3) is 17.3 Å². The molecule has 2 N–H and O–H groups in total. The van der Waals surface area contributed by atoms with E-state index in [1.54, 1.807) is 7.11 Å². The van der Waals surface area contributed by atoms with Crippen molar-refractivity contribution >= 4 is 57.6 Å². The lowest BCUT2D eigenvalue weighted by Crippen LogP contribution is -2.22. The number of nitrogens with one attached hydrogen (secondary N) is 1. The SMILES string of the molecule is CCCOC(c1cccc(-c2csc(NC(=O)c3cc(Cl)c(C=C(C)C(=O)O)c(Cl)c3)n2)c1OC)C(C)(C)C. The van der Waals surface area contributed by atoms with Gasteiger partial charge in [0.2, 0.25) is 0 Å². The fourth-order valence-electron chi connectivity index (χ4n) is 3.99. The van der Waals surface area contributed by atoms with E-state index in [-0.39, 0.29) is 32.7 Å². The number of carbonyl (C=O) groups is 2. The first-order valence-electron chi connectivity index (χ1n) is 12.3. The minimum absolute atomic E-state index is 0.0663. The van der Waals surface area contributed by atoms with Gasteiger partial charge in [0.05, 0.1) is 29.0 Å². The normalized spacial score (nSPS) is 12.8. The molecule has 3 aromatic rings. The Hall–Kier alpha value is -2.91. The summed E-state index contributed by atoms with van der Waals surface area (Å²) in [6.45, 7) is 10.5. The van der Waals surface area contributed by atoms with Crippen molar-refractivity contribution in [2.45, 2.75) is 47.1 Å². The lowest BCUT2D eigenvalue weighted by molar-refractivity contribution is -0.132. The number of methoxy groups -OCH3 is 1. The number of nitrogens with zero attached hydrogens (tertiary/aromatic N) is 1. The first-order chi connectivity index (χ1) is 18.4. The molecule has 0 aliphatic rings. The summed E-state index contributed by atoms with van der Waals surface area (Å²) in [6.07, 6.45) is 2.08. The summed E-state index contributed by atoms with van der Waals surface area (Å²) >= 11 is 13.9. The van der Waals surface area contributed by atoms with E-state index in [2.05, 4.69) is 38.0 Å². The number of carboxylic acid groups (broad SMARTS) is 1. The summed E-state index contributed by atoms with van der Waals surface area (Å²) in [6, 6.07) is 8.76. The van der Waals surface area contributed by atoms with Crippen LogP contribution in [0.1, 0.15) is 68.6 Å². The summed E-state index contributed by atoms with van der Waals surface area (Å²) in [5, 5.41) is 14.5. The van der Waals surface area contributed by atoms with Crippen LogP contribution in [0.3, 0.4) is 0 Å². The van der Waals surface area contributed by atoms with E-state index in [4.69, 9.17) is 37.8 Å². The molecule has 1 heterocycles. The van der Waals surface area contributed by atoms with Crippen LogP contribution in [0.4, 0.5) is 5.13 Å². The molecular formula is C29H32Cl2N2O5S. The molecule has 0 aliphatic heterocycles. The van der Waals surface area contributed by atoms with Gasteiger partial charge in [0.25, 0.3) is 5.91 Å². The molecule has 0 saturated carbocycles. The Bertz CT molecular complexity index is 1370. The molecule has 208 valence electrons. The average Bonchev–Trinajstić information content (AvgIpc) is 3.33. The number of benzene rings is 2. The van der Waals surface area contributed by atoms with Crippen molar-refractivity contribution in [3.8, 4) is 17.0 Å². The average molecular weight is 592 g/mol. The first-order valence-corrected chi connectivity index (χ1v) is 14.0. The Morgan fingerprint density at radius 1 is 1.21 bits per heavy atom. The molecule has 2 aromatic carbocycles. The quantitative estimate of drug-likeness (QED) is 0.230. The summed E-state index contributed by atoms with van der Waals surface area (Å²) in [5.74, 6) is -0.865. The van der Waals surface area contributed by atoms with Gasteiger partial charge >= 0.3 is 5.97 Å². The number of amides is 1. The number of aromatic nitrogens is 1. The number of anilines is 1. The van der Waals surface area contributed by atoms with Gasteiger partial charge in [-0.15, -0.1) is 11.3 Å². The summed E-state index contributed by atoms with van der Waals surface area (Å²) < 4.78 is 12.1. The van der Waals surface area contributed by atoms with E-state index in [0.717, 1.165) is 17.5 Å². The molecule has 1 atom stereocenters. The van der Waals surface area contributed by atoms with E-state index in [0.29, 0.717) is 28.7 Å². The fraction of sp³-hybridized carbons (Fsp3) is 0.345. The Balaban J connectivity index is 1.89. The van der Waals surface area contributed by atoms with Gasteiger partial charge in [-0.2, -0.15) is 0 Å². The van der Waals surface area contributed by atoms with E-state index in [1.165, 1.54) is 36.5 Å². The molecule has 3 rings (SSSR count). The zero-order chi connectivity index (χ0) is 28.9. The van der Waals surface area contributed by atoms with Gasteiger partial charge in [0.15, 0.2) is 5.13 Å². The van der Waals surface area contributed by atoms with E-state index >= 15 is 0 Å². The Morgan fingerprint density at radius 3 is 2.44 bits per heavy atom.